The van der Waals surface area contributed by atoms with E-state index in [9.17, 15) is 9.59 Å². The number of rotatable bonds is 7. The Bertz CT molecular complexity index is 981. The number of nitrogens with one attached hydrogen (secondary N) is 1. The topological polar surface area (TPSA) is 100 Å². The molecule has 0 unspecified atom stereocenters. The van der Waals surface area contributed by atoms with Crippen LogP contribution < -0.4 is 20.5 Å². The fourth-order valence-corrected chi connectivity index (χ4v) is 2.49. The molecule has 0 fully saturated rings. The van der Waals surface area contributed by atoms with Gasteiger partial charge in [0.2, 0.25) is 5.91 Å². The molecule has 0 atom stereocenters. The molecular weight excluding hydrogens is 350 g/mol. The second-order valence-electron chi connectivity index (χ2n) is 5.63. The normalized spacial score (nSPS) is 10.4. The summed E-state index contributed by atoms with van der Waals surface area (Å²) in [4.78, 5) is 24.5. The molecule has 0 aliphatic carbocycles. The van der Waals surface area contributed by atoms with E-state index in [1.165, 1.54) is 0 Å². The van der Waals surface area contributed by atoms with Crippen LogP contribution in [0.3, 0.4) is 0 Å². The highest BCUT2D eigenvalue weighted by Gasteiger charge is 2.12. The zero-order valence-corrected chi connectivity index (χ0v) is 15.0. The third kappa shape index (κ3) is 4.14. The van der Waals surface area contributed by atoms with Crippen LogP contribution in [-0.4, -0.2) is 39.9 Å². The second-order valence-corrected chi connectivity index (χ2v) is 5.63. The molecule has 27 heavy (non-hydrogen) atoms. The Morgan fingerprint density at radius 1 is 1.04 bits per heavy atom. The van der Waals surface area contributed by atoms with Gasteiger partial charge in [-0.1, -0.05) is 24.3 Å². The molecule has 1 heterocycles. The summed E-state index contributed by atoms with van der Waals surface area (Å²) in [5, 5.41) is 10.3. The Morgan fingerprint density at radius 3 is 2.48 bits per heavy atom. The van der Waals surface area contributed by atoms with Gasteiger partial charge in [-0.25, -0.2) is 4.79 Å². The van der Waals surface area contributed by atoms with E-state index in [-0.39, 0.29) is 19.0 Å². The van der Waals surface area contributed by atoms with Crippen molar-refractivity contribution < 1.29 is 14.3 Å². The summed E-state index contributed by atoms with van der Waals surface area (Å²) >= 11 is 0. The van der Waals surface area contributed by atoms with E-state index in [1.54, 1.807) is 50.6 Å². The molecule has 0 bridgehead atoms. The number of tetrazole rings is 1. The van der Waals surface area contributed by atoms with Crippen LogP contribution in [0.2, 0.25) is 0 Å². The minimum atomic E-state index is -0.484. The average molecular weight is 369 g/mol. The lowest BCUT2D eigenvalue weighted by Crippen LogP contribution is -2.33. The summed E-state index contributed by atoms with van der Waals surface area (Å²) in [6, 6.07) is 14.2. The Labute approximate surface area is 155 Å². The molecule has 9 nitrogen and oxygen atoms in total. The highest BCUT2D eigenvalue weighted by atomic mass is 16.5. The monoisotopic (exact) mass is 369 g/mol. The van der Waals surface area contributed by atoms with Crippen molar-refractivity contribution in [3.63, 3.8) is 0 Å². The van der Waals surface area contributed by atoms with E-state index >= 15 is 0 Å². The number of hydrogen-bond donors (Lipinski definition) is 1. The van der Waals surface area contributed by atoms with E-state index in [1.807, 2.05) is 12.1 Å². The SMILES string of the molecule is COc1ccc(CNC(=O)Cn2nnn(-c3ccccc3)c2=O)cc1OC. The smallest absolute Gasteiger partial charge is 0.368 e. The molecule has 140 valence electrons. The lowest BCUT2D eigenvalue weighted by Gasteiger charge is -2.10. The first-order valence-corrected chi connectivity index (χ1v) is 8.18. The van der Waals surface area contributed by atoms with Crippen molar-refractivity contribution in [1.82, 2.24) is 25.1 Å². The van der Waals surface area contributed by atoms with Crippen molar-refractivity contribution >= 4 is 5.91 Å². The van der Waals surface area contributed by atoms with Gasteiger partial charge >= 0.3 is 5.69 Å². The first kappa shape index (κ1) is 18.2. The predicted octanol–water partition coefficient (Wildman–Crippen LogP) is 0.763. The summed E-state index contributed by atoms with van der Waals surface area (Å²) in [6.07, 6.45) is 0. The van der Waals surface area contributed by atoms with E-state index in [0.29, 0.717) is 17.2 Å². The molecule has 3 rings (SSSR count). The first-order chi connectivity index (χ1) is 13.1. The maximum absolute atomic E-state index is 12.3. The largest absolute Gasteiger partial charge is 0.493 e. The molecule has 1 N–H and O–H groups in total. The van der Waals surface area contributed by atoms with Gasteiger partial charge in [0.1, 0.15) is 6.54 Å². The molecule has 9 heteroatoms. The number of aromatic nitrogens is 4. The maximum Gasteiger partial charge on any atom is 0.368 e. The van der Waals surface area contributed by atoms with Gasteiger partial charge in [0.15, 0.2) is 11.5 Å². The van der Waals surface area contributed by atoms with Crippen LogP contribution >= 0.6 is 0 Å². The van der Waals surface area contributed by atoms with E-state index in [2.05, 4.69) is 15.7 Å². The number of hydrogen-bond acceptors (Lipinski definition) is 6. The molecule has 0 aliphatic heterocycles. The Kier molecular flexibility index (Phi) is 5.50. The van der Waals surface area contributed by atoms with Crippen molar-refractivity contribution in [1.29, 1.82) is 0 Å². The first-order valence-electron chi connectivity index (χ1n) is 8.18. The van der Waals surface area contributed by atoms with Crippen LogP contribution in [0, 0.1) is 0 Å². The average Bonchev–Trinajstić information content (AvgIpc) is 3.07. The number of amides is 1. The van der Waals surface area contributed by atoms with E-state index in [4.69, 9.17) is 9.47 Å². The summed E-state index contributed by atoms with van der Waals surface area (Å²) in [7, 11) is 3.10. The Hall–Kier alpha value is -3.62. The summed E-state index contributed by atoms with van der Waals surface area (Å²) < 4.78 is 12.6. The highest BCUT2D eigenvalue weighted by molar-refractivity contribution is 5.75. The van der Waals surface area contributed by atoms with Crippen LogP contribution in [0.15, 0.2) is 53.3 Å². The van der Waals surface area contributed by atoms with Gasteiger partial charge in [-0.2, -0.15) is 9.36 Å². The maximum atomic E-state index is 12.3. The molecule has 1 amide bonds. The zero-order chi connectivity index (χ0) is 19.2. The number of nitrogens with zero attached hydrogens (tertiary/aromatic N) is 4. The fraction of sp³-hybridized carbons (Fsp3) is 0.222. The van der Waals surface area contributed by atoms with Gasteiger partial charge < -0.3 is 14.8 Å². The number of ether oxygens (including phenoxy) is 2. The lowest BCUT2D eigenvalue weighted by molar-refractivity contribution is -0.122. The van der Waals surface area contributed by atoms with Gasteiger partial charge in [0.25, 0.3) is 0 Å². The zero-order valence-electron chi connectivity index (χ0n) is 15.0. The quantitative estimate of drug-likeness (QED) is 0.660. The second kappa shape index (κ2) is 8.17. The highest BCUT2D eigenvalue weighted by Crippen LogP contribution is 2.27. The number of carbonyl (C=O) groups excluding carboxylic acids is 1. The van der Waals surface area contributed by atoms with Crippen molar-refractivity contribution in [2.45, 2.75) is 13.1 Å². The van der Waals surface area contributed by atoms with Crippen LogP contribution in [-0.2, 0) is 17.9 Å². The lowest BCUT2D eigenvalue weighted by atomic mass is 10.2. The summed E-state index contributed by atoms with van der Waals surface area (Å²) in [5.74, 6) is 0.829. The third-order valence-electron chi connectivity index (χ3n) is 3.87. The van der Waals surface area contributed by atoms with Crippen LogP contribution in [0.5, 0.6) is 11.5 Å². The number of benzene rings is 2. The van der Waals surface area contributed by atoms with Crippen molar-refractivity contribution in [3.8, 4) is 17.2 Å². The molecule has 0 saturated heterocycles. The molecule has 1 aromatic heterocycles. The van der Waals surface area contributed by atoms with Gasteiger partial charge in [-0.3, -0.25) is 4.79 Å². The van der Waals surface area contributed by atoms with Crippen molar-refractivity contribution in [2.75, 3.05) is 14.2 Å². The molecule has 0 aliphatic rings. The van der Waals surface area contributed by atoms with Crippen LogP contribution in [0.25, 0.3) is 5.69 Å². The number of para-hydroxylation sites is 1. The van der Waals surface area contributed by atoms with Crippen molar-refractivity contribution in [2.24, 2.45) is 0 Å². The predicted molar refractivity (Wildman–Crippen MR) is 97.0 cm³/mol. The molecule has 0 radical (unpaired) electrons. The van der Waals surface area contributed by atoms with Gasteiger partial charge in [0.05, 0.1) is 19.9 Å². The Morgan fingerprint density at radius 2 is 1.78 bits per heavy atom. The minimum absolute atomic E-state index is 0.223. The van der Waals surface area contributed by atoms with Crippen LogP contribution in [0.1, 0.15) is 5.56 Å². The minimum Gasteiger partial charge on any atom is -0.493 e. The number of carbonyl (C=O) groups is 1. The van der Waals surface area contributed by atoms with E-state index < -0.39 is 5.69 Å². The third-order valence-corrected chi connectivity index (χ3v) is 3.87. The summed E-state index contributed by atoms with van der Waals surface area (Å²) in [5.41, 5.74) is 0.934. The van der Waals surface area contributed by atoms with E-state index in [0.717, 1.165) is 14.9 Å². The van der Waals surface area contributed by atoms with Gasteiger partial charge in [-0.05, 0) is 40.3 Å². The fourth-order valence-electron chi connectivity index (χ4n) is 2.49. The molecule has 3 aromatic rings. The molecule has 2 aromatic carbocycles. The van der Waals surface area contributed by atoms with Gasteiger partial charge in [0, 0.05) is 6.54 Å². The van der Waals surface area contributed by atoms with Crippen molar-refractivity contribution in [3.05, 3.63) is 64.6 Å². The number of methoxy groups -OCH3 is 2. The van der Waals surface area contributed by atoms with Gasteiger partial charge in [-0.15, -0.1) is 0 Å². The molecule has 0 saturated carbocycles. The summed E-state index contributed by atoms with van der Waals surface area (Å²) in [6.45, 7) is 0.0553. The van der Waals surface area contributed by atoms with Crippen LogP contribution in [0.4, 0.5) is 0 Å². The standard InChI is InChI=1S/C18H19N5O4/c1-26-15-9-8-13(10-16(15)27-2)11-19-17(24)12-22-18(25)23(21-20-22)14-6-4-3-5-7-14/h3-10H,11-12H2,1-2H3,(H,19,24). The Balaban J connectivity index is 1.64. The molecule has 0 spiro atoms. The molecular formula is C18H19N5O4.